The number of sulfone groups is 2. The van der Waals surface area contributed by atoms with Crippen LogP contribution >= 0.6 is 0 Å². The summed E-state index contributed by atoms with van der Waals surface area (Å²) in [6.07, 6.45) is 4.06. The van der Waals surface area contributed by atoms with Crippen LogP contribution in [-0.4, -0.2) is 48.1 Å². The van der Waals surface area contributed by atoms with Gasteiger partial charge in [-0.1, -0.05) is 0 Å². The average molecular weight is 347 g/mol. The summed E-state index contributed by atoms with van der Waals surface area (Å²) in [5, 5.41) is 3.14. The molecule has 1 heterocycles. The van der Waals surface area contributed by atoms with Crippen LogP contribution in [-0.2, 0) is 24.4 Å². The van der Waals surface area contributed by atoms with Gasteiger partial charge in [-0.25, -0.2) is 16.8 Å². The van der Waals surface area contributed by atoms with E-state index in [0.29, 0.717) is 12.3 Å². The van der Waals surface area contributed by atoms with Crippen LogP contribution in [0.1, 0.15) is 19.8 Å². The Hall–Kier alpha value is -1.12. The molecule has 0 spiro atoms. The maximum Gasteiger partial charge on any atom is 0.177 e. The number of nitrogens with one attached hydrogen (secondary N) is 1. The Morgan fingerprint density at radius 2 is 1.86 bits per heavy atom. The highest BCUT2D eigenvalue weighted by Crippen LogP contribution is 2.27. The standard InChI is InChI=1S/C14H21NO5S2/c1-10(13-5-4-8-20-13)15-12-7-6-11(21(2,16)17)9-14(12)22(3,18)19/h6-7,9-10,13,15H,4-5,8H2,1-3H3. The molecule has 0 aliphatic carbocycles. The highest BCUT2D eigenvalue weighted by molar-refractivity contribution is 7.91. The van der Waals surface area contributed by atoms with Gasteiger partial charge in [0.1, 0.15) is 0 Å². The first kappa shape index (κ1) is 17.2. The molecule has 0 saturated carbocycles. The van der Waals surface area contributed by atoms with Crippen molar-refractivity contribution in [3.8, 4) is 0 Å². The van der Waals surface area contributed by atoms with Crippen LogP contribution in [0, 0.1) is 0 Å². The highest BCUT2D eigenvalue weighted by atomic mass is 32.2. The van der Waals surface area contributed by atoms with Gasteiger partial charge in [0.25, 0.3) is 0 Å². The van der Waals surface area contributed by atoms with Crippen molar-refractivity contribution in [3.05, 3.63) is 18.2 Å². The molecular weight excluding hydrogens is 326 g/mol. The minimum atomic E-state index is -3.55. The maximum atomic E-state index is 12.0. The molecule has 22 heavy (non-hydrogen) atoms. The van der Waals surface area contributed by atoms with Crippen molar-refractivity contribution in [1.82, 2.24) is 0 Å². The minimum Gasteiger partial charge on any atom is -0.379 e. The highest BCUT2D eigenvalue weighted by Gasteiger charge is 2.25. The van der Waals surface area contributed by atoms with Gasteiger partial charge in [0.15, 0.2) is 19.7 Å². The lowest BCUT2D eigenvalue weighted by molar-refractivity contribution is 0.0996. The quantitative estimate of drug-likeness (QED) is 0.868. The van der Waals surface area contributed by atoms with E-state index in [1.54, 1.807) is 0 Å². The number of benzene rings is 1. The zero-order valence-electron chi connectivity index (χ0n) is 12.9. The topological polar surface area (TPSA) is 89.5 Å². The van der Waals surface area contributed by atoms with E-state index in [1.807, 2.05) is 6.92 Å². The molecule has 1 aliphatic heterocycles. The molecule has 0 aromatic heterocycles. The maximum absolute atomic E-state index is 12.0. The first-order chi connectivity index (χ1) is 10.1. The summed E-state index contributed by atoms with van der Waals surface area (Å²) < 4.78 is 52.8. The third-order valence-electron chi connectivity index (χ3n) is 3.69. The third kappa shape index (κ3) is 3.99. The summed E-state index contributed by atoms with van der Waals surface area (Å²) in [6.45, 7) is 2.63. The second-order valence-electron chi connectivity index (χ2n) is 5.69. The van der Waals surface area contributed by atoms with Gasteiger partial charge in [0.05, 0.1) is 21.6 Å². The molecule has 1 N–H and O–H groups in total. The molecule has 1 saturated heterocycles. The van der Waals surface area contributed by atoms with Crippen molar-refractivity contribution in [2.45, 2.75) is 41.7 Å². The van der Waals surface area contributed by atoms with E-state index in [4.69, 9.17) is 4.74 Å². The van der Waals surface area contributed by atoms with Crippen molar-refractivity contribution < 1.29 is 21.6 Å². The van der Waals surface area contributed by atoms with Crippen LogP contribution in [0.5, 0.6) is 0 Å². The summed E-state index contributed by atoms with van der Waals surface area (Å²) in [7, 11) is -7.02. The molecule has 1 aromatic rings. The Bertz CT molecular complexity index is 749. The number of hydrogen-bond acceptors (Lipinski definition) is 6. The predicted octanol–water partition coefficient (Wildman–Crippen LogP) is 1.47. The van der Waals surface area contributed by atoms with Gasteiger partial charge in [-0.3, -0.25) is 0 Å². The lowest BCUT2D eigenvalue weighted by atomic mass is 10.1. The lowest BCUT2D eigenvalue weighted by Gasteiger charge is -2.22. The van der Waals surface area contributed by atoms with Crippen molar-refractivity contribution in [2.75, 3.05) is 24.4 Å². The summed E-state index contributed by atoms with van der Waals surface area (Å²) in [5.41, 5.74) is 0.401. The molecule has 0 radical (unpaired) electrons. The molecule has 2 rings (SSSR count). The fourth-order valence-electron chi connectivity index (χ4n) is 2.49. The molecule has 0 amide bonds. The van der Waals surface area contributed by atoms with E-state index < -0.39 is 19.7 Å². The molecule has 124 valence electrons. The number of rotatable bonds is 5. The SMILES string of the molecule is CC(Nc1ccc(S(C)(=O)=O)cc1S(C)(=O)=O)C1CCCO1. The average Bonchev–Trinajstić information content (AvgIpc) is 2.90. The van der Waals surface area contributed by atoms with Crippen LogP contribution in [0.4, 0.5) is 5.69 Å². The van der Waals surface area contributed by atoms with Crippen molar-refractivity contribution in [3.63, 3.8) is 0 Å². The fourth-order valence-corrected chi connectivity index (χ4v) is 4.08. The first-order valence-corrected chi connectivity index (χ1v) is 10.8. The van der Waals surface area contributed by atoms with Crippen LogP contribution in [0.25, 0.3) is 0 Å². The van der Waals surface area contributed by atoms with E-state index in [-0.39, 0.29) is 21.9 Å². The third-order valence-corrected chi connectivity index (χ3v) is 5.93. The van der Waals surface area contributed by atoms with Crippen molar-refractivity contribution >= 4 is 25.4 Å². The van der Waals surface area contributed by atoms with Gasteiger partial charge < -0.3 is 10.1 Å². The number of hydrogen-bond donors (Lipinski definition) is 1. The molecule has 2 atom stereocenters. The van der Waals surface area contributed by atoms with Crippen molar-refractivity contribution in [1.29, 1.82) is 0 Å². The van der Waals surface area contributed by atoms with E-state index >= 15 is 0 Å². The fraction of sp³-hybridized carbons (Fsp3) is 0.571. The summed E-state index contributed by atoms with van der Waals surface area (Å²) in [4.78, 5) is -0.0245. The van der Waals surface area contributed by atoms with E-state index in [9.17, 15) is 16.8 Å². The number of ether oxygens (including phenoxy) is 1. The summed E-state index contributed by atoms with van der Waals surface area (Å²) in [5.74, 6) is 0. The minimum absolute atomic E-state index is 0.0109. The number of anilines is 1. The molecule has 1 aromatic carbocycles. The molecule has 1 fully saturated rings. The van der Waals surface area contributed by atoms with Gasteiger partial charge in [-0.05, 0) is 38.0 Å². The van der Waals surface area contributed by atoms with E-state index in [2.05, 4.69) is 5.32 Å². The Morgan fingerprint density at radius 3 is 2.36 bits per heavy atom. The van der Waals surface area contributed by atoms with Gasteiger partial charge >= 0.3 is 0 Å². The normalized spacial score (nSPS) is 20.8. The second kappa shape index (κ2) is 6.17. The molecule has 8 heteroatoms. The predicted molar refractivity (Wildman–Crippen MR) is 84.7 cm³/mol. The van der Waals surface area contributed by atoms with Gasteiger partial charge in [-0.2, -0.15) is 0 Å². The van der Waals surface area contributed by atoms with Crippen LogP contribution in [0.2, 0.25) is 0 Å². The molecule has 1 aliphatic rings. The molecule has 2 unspecified atom stereocenters. The zero-order valence-corrected chi connectivity index (χ0v) is 14.5. The van der Waals surface area contributed by atoms with Crippen molar-refractivity contribution in [2.24, 2.45) is 0 Å². The smallest absolute Gasteiger partial charge is 0.177 e. The molecule has 0 bridgehead atoms. The summed E-state index contributed by atoms with van der Waals surface area (Å²) >= 11 is 0. The first-order valence-electron chi connectivity index (χ1n) is 7.01. The Morgan fingerprint density at radius 1 is 1.18 bits per heavy atom. The van der Waals surface area contributed by atoms with E-state index in [0.717, 1.165) is 25.4 Å². The molecule has 6 nitrogen and oxygen atoms in total. The Balaban J connectivity index is 2.38. The summed E-state index contributed by atoms with van der Waals surface area (Å²) in [6, 6.07) is 4.05. The van der Waals surface area contributed by atoms with Crippen LogP contribution in [0.3, 0.4) is 0 Å². The van der Waals surface area contributed by atoms with Crippen LogP contribution in [0.15, 0.2) is 28.0 Å². The second-order valence-corrected chi connectivity index (χ2v) is 9.69. The van der Waals surface area contributed by atoms with Gasteiger partial charge in [-0.15, -0.1) is 0 Å². The Kier molecular flexibility index (Phi) is 4.84. The monoisotopic (exact) mass is 347 g/mol. The van der Waals surface area contributed by atoms with E-state index in [1.165, 1.54) is 18.2 Å². The van der Waals surface area contributed by atoms with Gasteiger partial charge in [0.2, 0.25) is 0 Å². The largest absolute Gasteiger partial charge is 0.379 e. The molecular formula is C14H21NO5S2. The lowest BCUT2D eigenvalue weighted by Crippen LogP contribution is -2.30. The zero-order chi connectivity index (χ0) is 16.5. The van der Waals surface area contributed by atoms with Gasteiger partial charge in [0, 0.05) is 25.2 Å². The Labute approximate surface area is 131 Å². The van der Waals surface area contributed by atoms with Crippen LogP contribution < -0.4 is 5.32 Å².